The number of hydrogen-bond donors (Lipinski definition) is 1. The zero-order chi connectivity index (χ0) is 13.7. The van der Waals surface area contributed by atoms with Crippen LogP contribution in [0.15, 0.2) is 54.6 Å². The number of amides is 1. The molecule has 0 bridgehead atoms. The number of nitriles is 1. The van der Waals surface area contributed by atoms with Crippen molar-refractivity contribution in [2.24, 2.45) is 0 Å². The van der Waals surface area contributed by atoms with Crippen molar-refractivity contribution in [2.45, 2.75) is 6.04 Å². The van der Waals surface area contributed by atoms with Gasteiger partial charge in [0.2, 0.25) is 0 Å². The van der Waals surface area contributed by atoms with Crippen LogP contribution in [0.3, 0.4) is 0 Å². The van der Waals surface area contributed by atoms with E-state index in [1.165, 1.54) is 0 Å². The van der Waals surface area contributed by atoms with Gasteiger partial charge in [0, 0.05) is 10.6 Å². The van der Waals surface area contributed by atoms with Gasteiger partial charge in [-0.25, -0.2) is 0 Å². The fourth-order valence-electron chi connectivity index (χ4n) is 1.68. The van der Waals surface area contributed by atoms with Crippen LogP contribution in [0.5, 0.6) is 0 Å². The van der Waals surface area contributed by atoms with E-state index >= 15 is 0 Å². The molecule has 2 rings (SSSR count). The molecule has 0 fully saturated rings. The third-order valence-corrected chi connectivity index (χ3v) is 2.86. The maximum atomic E-state index is 12.0. The molecular weight excluding hydrogens is 260 g/mol. The van der Waals surface area contributed by atoms with E-state index in [0.29, 0.717) is 10.6 Å². The van der Waals surface area contributed by atoms with Crippen LogP contribution in [0.2, 0.25) is 5.02 Å². The lowest BCUT2D eigenvalue weighted by molar-refractivity contribution is 0.0945. The lowest BCUT2D eigenvalue weighted by Gasteiger charge is -2.12. The van der Waals surface area contributed by atoms with Gasteiger partial charge in [-0.3, -0.25) is 4.79 Å². The normalized spacial score (nSPS) is 11.4. The Labute approximate surface area is 116 Å². The number of carbonyl (C=O) groups is 1. The summed E-state index contributed by atoms with van der Waals surface area (Å²) in [6.45, 7) is 0. The monoisotopic (exact) mass is 270 g/mol. The van der Waals surface area contributed by atoms with Crippen LogP contribution in [0.4, 0.5) is 0 Å². The number of benzene rings is 2. The summed E-state index contributed by atoms with van der Waals surface area (Å²) in [6, 6.07) is 17.1. The maximum Gasteiger partial charge on any atom is 0.252 e. The van der Waals surface area contributed by atoms with Crippen molar-refractivity contribution in [3.05, 3.63) is 70.7 Å². The standard InChI is InChI=1S/C15H11ClN2O/c16-13-8-4-7-12(9-13)15(19)18-14(10-17)11-5-2-1-3-6-11/h1-9,14H,(H,18,19). The van der Waals surface area contributed by atoms with Gasteiger partial charge in [0.15, 0.2) is 0 Å². The number of nitrogens with one attached hydrogen (secondary N) is 1. The SMILES string of the molecule is N#CC(NC(=O)c1cccc(Cl)c1)c1ccccc1. The van der Waals surface area contributed by atoms with Crippen LogP contribution in [-0.2, 0) is 0 Å². The summed E-state index contributed by atoms with van der Waals surface area (Å²) in [6.07, 6.45) is 0. The molecule has 0 saturated heterocycles. The lowest BCUT2D eigenvalue weighted by atomic mass is 10.1. The number of rotatable bonds is 3. The van der Waals surface area contributed by atoms with E-state index in [9.17, 15) is 4.79 Å². The van der Waals surface area contributed by atoms with E-state index in [4.69, 9.17) is 16.9 Å². The summed E-state index contributed by atoms with van der Waals surface area (Å²) in [7, 11) is 0. The quantitative estimate of drug-likeness (QED) is 0.930. The van der Waals surface area contributed by atoms with E-state index in [0.717, 1.165) is 5.56 Å². The van der Waals surface area contributed by atoms with Gasteiger partial charge in [-0.15, -0.1) is 0 Å². The molecule has 19 heavy (non-hydrogen) atoms. The Hall–Kier alpha value is -2.31. The van der Waals surface area contributed by atoms with Gasteiger partial charge in [0.25, 0.3) is 5.91 Å². The van der Waals surface area contributed by atoms with Crippen molar-refractivity contribution >= 4 is 17.5 Å². The van der Waals surface area contributed by atoms with Crippen LogP contribution in [0.25, 0.3) is 0 Å². The van der Waals surface area contributed by atoms with E-state index in [-0.39, 0.29) is 5.91 Å². The number of carbonyl (C=O) groups excluding carboxylic acids is 1. The molecule has 2 aromatic carbocycles. The Kier molecular flexibility index (Phi) is 4.17. The Morgan fingerprint density at radius 1 is 1.16 bits per heavy atom. The Bertz CT molecular complexity index is 620. The average molecular weight is 271 g/mol. The van der Waals surface area contributed by atoms with E-state index in [2.05, 4.69) is 11.4 Å². The topological polar surface area (TPSA) is 52.9 Å². The molecule has 0 aliphatic rings. The number of nitrogens with zero attached hydrogens (tertiary/aromatic N) is 1. The van der Waals surface area contributed by atoms with Crippen LogP contribution < -0.4 is 5.32 Å². The van der Waals surface area contributed by atoms with Gasteiger partial charge in [-0.1, -0.05) is 48.0 Å². The first-order chi connectivity index (χ1) is 9.20. The molecule has 0 radical (unpaired) electrons. The Balaban J connectivity index is 2.16. The zero-order valence-electron chi connectivity index (χ0n) is 10.0. The lowest BCUT2D eigenvalue weighted by Crippen LogP contribution is -2.27. The molecule has 1 unspecified atom stereocenters. The third kappa shape index (κ3) is 3.34. The highest BCUT2D eigenvalue weighted by molar-refractivity contribution is 6.30. The summed E-state index contributed by atoms with van der Waals surface area (Å²) in [4.78, 5) is 12.0. The fourth-order valence-corrected chi connectivity index (χ4v) is 1.87. The van der Waals surface area contributed by atoms with E-state index < -0.39 is 6.04 Å². The van der Waals surface area contributed by atoms with Crippen molar-refractivity contribution < 1.29 is 4.79 Å². The Morgan fingerprint density at radius 2 is 1.89 bits per heavy atom. The van der Waals surface area contributed by atoms with Gasteiger partial charge >= 0.3 is 0 Å². The molecule has 0 aromatic heterocycles. The molecule has 0 aliphatic carbocycles. The minimum atomic E-state index is -0.673. The Morgan fingerprint density at radius 3 is 2.53 bits per heavy atom. The minimum Gasteiger partial charge on any atom is -0.332 e. The molecular formula is C15H11ClN2O. The molecule has 2 aromatic rings. The second kappa shape index (κ2) is 6.03. The second-order valence-electron chi connectivity index (χ2n) is 3.96. The summed E-state index contributed by atoms with van der Waals surface area (Å²) < 4.78 is 0. The van der Waals surface area contributed by atoms with Gasteiger partial charge in [-0.2, -0.15) is 5.26 Å². The molecule has 94 valence electrons. The first-order valence-corrected chi connectivity index (χ1v) is 6.09. The second-order valence-corrected chi connectivity index (χ2v) is 4.39. The van der Waals surface area contributed by atoms with Gasteiger partial charge < -0.3 is 5.32 Å². The first kappa shape index (κ1) is 13.1. The third-order valence-electron chi connectivity index (χ3n) is 2.62. The fraction of sp³-hybridized carbons (Fsp3) is 0.0667. The number of halogens is 1. The molecule has 0 heterocycles. The summed E-state index contributed by atoms with van der Waals surface area (Å²) in [5.41, 5.74) is 1.18. The molecule has 0 aliphatic heterocycles. The highest BCUT2D eigenvalue weighted by Gasteiger charge is 2.14. The summed E-state index contributed by atoms with van der Waals surface area (Å²) >= 11 is 5.83. The molecule has 1 N–H and O–H groups in total. The summed E-state index contributed by atoms with van der Waals surface area (Å²) in [5, 5.41) is 12.3. The first-order valence-electron chi connectivity index (χ1n) is 5.71. The molecule has 3 nitrogen and oxygen atoms in total. The zero-order valence-corrected chi connectivity index (χ0v) is 10.8. The smallest absolute Gasteiger partial charge is 0.252 e. The maximum absolute atomic E-state index is 12.0. The van der Waals surface area contributed by atoms with Crippen molar-refractivity contribution in [1.82, 2.24) is 5.32 Å². The average Bonchev–Trinajstić information content (AvgIpc) is 2.45. The molecule has 0 spiro atoms. The molecule has 1 amide bonds. The van der Waals surface area contributed by atoms with Crippen molar-refractivity contribution in [2.75, 3.05) is 0 Å². The van der Waals surface area contributed by atoms with Crippen molar-refractivity contribution in [3.63, 3.8) is 0 Å². The molecule has 1 atom stereocenters. The highest BCUT2D eigenvalue weighted by Crippen LogP contribution is 2.14. The number of hydrogen-bond acceptors (Lipinski definition) is 2. The van der Waals surface area contributed by atoms with Crippen molar-refractivity contribution in [1.29, 1.82) is 5.26 Å². The van der Waals surface area contributed by atoms with Gasteiger partial charge in [0.1, 0.15) is 6.04 Å². The van der Waals surface area contributed by atoms with E-state index in [1.54, 1.807) is 36.4 Å². The van der Waals surface area contributed by atoms with Crippen molar-refractivity contribution in [3.8, 4) is 6.07 Å². The van der Waals surface area contributed by atoms with Gasteiger partial charge in [0.05, 0.1) is 6.07 Å². The summed E-state index contributed by atoms with van der Waals surface area (Å²) in [5.74, 6) is -0.321. The van der Waals surface area contributed by atoms with Crippen LogP contribution in [0.1, 0.15) is 22.0 Å². The van der Waals surface area contributed by atoms with Gasteiger partial charge in [-0.05, 0) is 23.8 Å². The minimum absolute atomic E-state index is 0.321. The highest BCUT2D eigenvalue weighted by atomic mass is 35.5. The largest absolute Gasteiger partial charge is 0.332 e. The predicted octanol–water partition coefficient (Wildman–Crippen LogP) is 3.33. The van der Waals surface area contributed by atoms with E-state index in [1.807, 2.05) is 18.2 Å². The predicted molar refractivity (Wildman–Crippen MR) is 73.7 cm³/mol. The molecule has 4 heteroatoms. The van der Waals surface area contributed by atoms with Crippen LogP contribution >= 0.6 is 11.6 Å². The van der Waals surface area contributed by atoms with Crippen LogP contribution in [0, 0.1) is 11.3 Å². The molecule has 0 saturated carbocycles. The van der Waals surface area contributed by atoms with Crippen LogP contribution in [-0.4, -0.2) is 5.91 Å².